The number of aryl methyl sites for hydroxylation is 1. The first kappa shape index (κ1) is 17.7. The van der Waals surface area contributed by atoms with Crippen LogP contribution >= 0.6 is 0 Å². The Morgan fingerprint density at radius 2 is 1.88 bits per heavy atom. The predicted octanol–water partition coefficient (Wildman–Crippen LogP) is 4.52. The van der Waals surface area contributed by atoms with Gasteiger partial charge >= 0.3 is 6.18 Å². The number of nitrogens with one attached hydrogen (secondary N) is 1. The highest BCUT2D eigenvalue weighted by Gasteiger charge is 2.47. The zero-order valence-electron chi connectivity index (χ0n) is 14.1. The first-order valence-corrected chi connectivity index (χ1v) is 8.54. The van der Waals surface area contributed by atoms with Crippen molar-refractivity contribution in [3.8, 4) is 0 Å². The standard InChI is InChI=1S/C19H21F3N2O/c1-2-3-6-15-11-13-7-4-5-8-14(13)12-16(15)18(19(20,21)22)24-10-9-17(25)23-24/h4-5,7-8,11-12,18H,2-3,6,9-10H2,1H3,(H,23,25)/t18-/m0/s1. The van der Waals surface area contributed by atoms with Crippen molar-refractivity contribution in [3.05, 3.63) is 47.5 Å². The molecule has 2 aromatic rings. The van der Waals surface area contributed by atoms with Crippen molar-refractivity contribution in [3.63, 3.8) is 0 Å². The van der Waals surface area contributed by atoms with E-state index in [4.69, 9.17) is 0 Å². The highest BCUT2D eigenvalue weighted by atomic mass is 19.4. The molecular weight excluding hydrogens is 329 g/mol. The minimum atomic E-state index is -4.47. The number of carbonyl (C=O) groups excluding carboxylic acids is 1. The molecule has 1 heterocycles. The van der Waals surface area contributed by atoms with Gasteiger partial charge in [0.15, 0.2) is 0 Å². The third-order valence-electron chi connectivity index (χ3n) is 4.57. The molecule has 0 aliphatic carbocycles. The fraction of sp³-hybridized carbons (Fsp3) is 0.421. The van der Waals surface area contributed by atoms with E-state index in [9.17, 15) is 18.0 Å². The maximum Gasteiger partial charge on any atom is 0.409 e. The van der Waals surface area contributed by atoms with Gasteiger partial charge in [0, 0.05) is 13.0 Å². The summed E-state index contributed by atoms with van der Waals surface area (Å²) in [4.78, 5) is 11.5. The summed E-state index contributed by atoms with van der Waals surface area (Å²) in [5, 5.41) is 2.74. The molecule has 0 radical (unpaired) electrons. The molecule has 25 heavy (non-hydrogen) atoms. The Labute approximate surface area is 144 Å². The van der Waals surface area contributed by atoms with Crippen LogP contribution < -0.4 is 5.43 Å². The number of alkyl halides is 3. The molecular formula is C19H21F3N2O. The molecule has 0 spiro atoms. The van der Waals surface area contributed by atoms with Crippen LogP contribution in [0.25, 0.3) is 10.8 Å². The van der Waals surface area contributed by atoms with E-state index >= 15 is 0 Å². The van der Waals surface area contributed by atoms with Crippen LogP contribution in [-0.2, 0) is 11.2 Å². The fourth-order valence-corrected chi connectivity index (χ4v) is 3.35. The van der Waals surface area contributed by atoms with Crippen LogP contribution in [0.1, 0.15) is 43.4 Å². The molecule has 1 saturated heterocycles. The summed E-state index contributed by atoms with van der Waals surface area (Å²) in [6.07, 6.45) is -2.07. The summed E-state index contributed by atoms with van der Waals surface area (Å²) < 4.78 is 41.7. The molecule has 1 N–H and O–H groups in total. The molecule has 1 amide bonds. The average molecular weight is 350 g/mol. The normalized spacial score (nSPS) is 17.0. The number of hydrazine groups is 1. The number of fused-ring (bicyclic) bond motifs is 1. The molecule has 1 aliphatic heterocycles. The Hall–Kier alpha value is -2.08. The maximum absolute atomic E-state index is 13.9. The summed E-state index contributed by atoms with van der Waals surface area (Å²) >= 11 is 0. The van der Waals surface area contributed by atoms with Crippen LogP contribution in [0, 0.1) is 0 Å². The van der Waals surface area contributed by atoms with Crippen LogP contribution in [0.2, 0.25) is 0 Å². The smallest absolute Gasteiger partial charge is 0.288 e. The van der Waals surface area contributed by atoms with Crippen LogP contribution in [-0.4, -0.2) is 23.6 Å². The van der Waals surface area contributed by atoms with E-state index in [1.54, 1.807) is 6.07 Å². The average Bonchev–Trinajstić information content (AvgIpc) is 2.97. The topological polar surface area (TPSA) is 32.3 Å². The lowest BCUT2D eigenvalue weighted by Gasteiger charge is -2.31. The number of carbonyl (C=O) groups is 1. The van der Waals surface area contributed by atoms with Gasteiger partial charge in [0.25, 0.3) is 0 Å². The van der Waals surface area contributed by atoms with Gasteiger partial charge in [-0.2, -0.15) is 13.2 Å². The van der Waals surface area contributed by atoms with Crippen molar-refractivity contribution in [2.24, 2.45) is 0 Å². The second-order valence-corrected chi connectivity index (χ2v) is 6.42. The molecule has 0 saturated carbocycles. The van der Waals surface area contributed by atoms with E-state index in [0.29, 0.717) is 12.0 Å². The van der Waals surface area contributed by atoms with Crippen molar-refractivity contribution >= 4 is 16.7 Å². The summed E-state index contributed by atoms with van der Waals surface area (Å²) in [5.41, 5.74) is 3.30. The number of halogens is 3. The number of hydrogen-bond acceptors (Lipinski definition) is 2. The van der Waals surface area contributed by atoms with Crippen LogP contribution in [0.3, 0.4) is 0 Å². The molecule has 0 bridgehead atoms. The van der Waals surface area contributed by atoms with Crippen molar-refractivity contribution < 1.29 is 18.0 Å². The van der Waals surface area contributed by atoms with Gasteiger partial charge in [0.2, 0.25) is 5.91 Å². The molecule has 3 nitrogen and oxygen atoms in total. The largest absolute Gasteiger partial charge is 0.409 e. The number of amides is 1. The molecule has 1 atom stereocenters. The van der Waals surface area contributed by atoms with Gasteiger partial charge < -0.3 is 0 Å². The van der Waals surface area contributed by atoms with Crippen molar-refractivity contribution in [1.82, 2.24) is 10.4 Å². The Bertz CT molecular complexity index is 773. The first-order valence-electron chi connectivity index (χ1n) is 8.54. The van der Waals surface area contributed by atoms with Crippen molar-refractivity contribution in [1.29, 1.82) is 0 Å². The van der Waals surface area contributed by atoms with Gasteiger partial charge in [0.05, 0.1) is 0 Å². The van der Waals surface area contributed by atoms with E-state index in [2.05, 4.69) is 5.43 Å². The summed E-state index contributed by atoms with van der Waals surface area (Å²) in [6, 6.07) is 9.09. The molecule has 6 heteroatoms. The second-order valence-electron chi connectivity index (χ2n) is 6.42. The highest BCUT2D eigenvalue weighted by molar-refractivity contribution is 5.84. The molecule has 3 rings (SSSR count). The molecule has 1 fully saturated rings. The number of unbranched alkanes of at least 4 members (excludes halogenated alkanes) is 1. The van der Waals surface area contributed by atoms with Gasteiger partial charge in [0.1, 0.15) is 6.04 Å². The van der Waals surface area contributed by atoms with E-state index < -0.39 is 12.2 Å². The van der Waals surface area contributed by atoms with Crippen molar-refractivity contribution in [2.75, 3.05) is 6.54 Å². The third-order valence-corrected chi connectivity index (χ3v) is 4.57. The third kappa shape index (κ3) is 3.79. The highest BCUT2D eigenvalue weighted by Crippen LogP contribution is 2.41. The lowest BCUT2D eigenvalue weighted by molar-refractivity contribution is -0.191. The number of nitrogens with zero attached hydrogens (tertiary/aromatic N) is 1. The lowest BCUT2D eigenvalue weighted by Crippen LogP contribution is -2.44. The molecule has 0 aromatic heterocycles. The van der Waals surface area contributed by atoms with Gasteiger partial charge in [-0.15, -0.1) is 0 Å². The van der Waals surface area contributed by atoms with Crippen LogP contribution in [0.4, 0.5) is 13.2 Å². The minimum absolute atomic E-state index is 0.0586. The van der Waals surface area contributed by atoms with E-state index in [-0.39, 0.29) is 24.4 Å². The monoisotopic (exact) mass is 350 g/mol. The van der Waals surface area contributed by atoms with Gasteiger partial charge in [-0.1, -0.05) is 43.7 Å². The van der Waals surface area contributed by atoms with Gasteiger partial charge in [-0.3, -0.25) is 10.2 Å². The van der Waals surface area contributed by atoms with Crippen LogP contribution in [0.15, 0.2) is 36.4 Å². The zero-order valence-corrected chi connectivity index (χ0v) is 14.1. The predicted molar refractivity (Wildman–Crippen MR) is 90.8 cm³/mol. The number of benzene rings is 2. The Morgan fingerprint density at radius 3 is 2.44 bits per heavy atom. The quantitative estimate of drug-likeness (QED) is 0.860. The second kappa shape index (κ2) is 7.04. The fourth-order valence-electron chi connectivity index (χ4n) is 3.35. The SMILES string of the molecule is CCCCc1cc2ccccc2cc1[C@H](N1CCC(=O)N1)C(F)(F)F. The Morgan fingerprint density at radius 1 is 1.20 bits per heavy atom. The number of hydrogen-bond donors (Lipinski definition) is 1. The molecule has 0 unspecified atom stereocenters. The zero-order chi connectivity index (χ0) is 18.0. The Kier molecular flexibility index (Phi) is 4.99. The number of rotatable bonds is 5. The summed E-state index contributed by atoms with van der Waals surface area (Å²) in [6.45, 7) is 2.08. The van der Waals surface area contributed by atoms with Crippen LogP contribution in [0.5, 0.6) is 0 Å². The summed E-state index contributed by atoms with van der Waals surface area (Å²) in [5.74, 6) is -0.370. The first-order chi connectivity index (χ1) is 11.9. The van der Waals surface area contributed by atoms with Gasteiger partial charge in [-0.05, 0) is 40.8 Å². The van der Waals surface area contributed by atoms with Crippen molar-refractivity contribution in [2.45, 2.75) is 44.8 Å². The lowest BCUT2D eigenvalue weighted by atomic mass is 9.92. The Balaban J connectivity index is 2.12. The molecule has 1 aliphatic rings. The molecule has 2 aromatic carbocycles. The van der Waals surface area contributed by atoms with Gasteiger partial charge in [-0.25, -0.2) is 5.01 Å². The van der Waals surface area contributed by atoms with E-state index in [1.165, 1.54) is 0 Å². The molecule has 134 valence electrons. The van der Waals surface area contributed by atoms with E-state index in [1.807, 2.05) is 37.3 Å². The summed E-state index contributed by atoms with van der Waals surface area (Å²) in [7, 11) is 0. The maximum atomic E-state index is 13.9. The minimum Gasteiger partial charge on any atom is -0.288 e. The van der Waals surface area contributed by atoms with E-state index in [0.717, 1.165) is 28.6 Å².